The Labute approximate surface area is 111 Å². The molecule has 1 heterocycles. The summed E-state index contributed by atoms with van der Waals surface area (Å²) in [5, 5.41) is 0. The van der Waals surface area contributed by atoms with Crippen LogP contribution in [0.15, 0.2) is 16.6 Å². The molecule has 1 aromatic carbocycles. The van der Waals surface area contributed by atoms with Gasteiger partial charge in [-0.15, -0.1) is 0 Å². The Morgan fingerprint density at radius 2 is 1.76 bits per heavy atom. The van der Waals surface area contributed by atoms with Crippen molar-refractivity contribution in [1.29, 1.82) is 0 Å². The third-order valence-corrected chi connectivity index (χ3v) is 3.91. The molecule has 1 aliphatic rings. The Kier molecular flexibility index (Phi) is 3.48. The van der Waals surface area contributed by atoms with Crippen molar-refractivity contribution in [1.82, 2.24) is 0 Å². The lowest BCUT2D eigenvalue weighted by Crippen LogP contribution is -2.20. The fourth-order valence-corrected chi connectivity index (χ4v) is 2.93. The van der Waals surface area contributed by atoms with Gasteiger partial charge in [0.1, 0.15) is 5.82 Å². The molecule has 0 aliphatic carbocycles. The van der Waals surface area contributed by atoms with E-state index in [1.165, 1.54) is 0 Å². The first-order valence-electron chi connectivity index (χ1n) is 6.14. The highest BCUT2D eigenvalue weighted by Crippen LogP contribution is 2.36. The highest BCUT2D eigenvalue weighted by molar-refractivity contribution is 9.10. The summed E-state index contributed by atoms with van der Waals surface area (Å²) in [6, 6.07) is 3.73. The maximum atomic E-state index is 14.2. The van der Waals surface area contributed by atoms with Gasteiger partial charge in [0.25, 0.3) is 0 Å². The minimum atomic E-state index is -0.105. The summed E-state index contributed by atoms with van der Waals surface area (Å²) in [7, 11) is 0. The fraction of sp³-hybridized carbons (Fsp3) is 0.571. The summed E-state index contributed by atoms with van der Waals surface area (Å²) < 4.78 is 15.1. The predicted molar refractivity (Wildman–Crippen MR) is 74.2 cm³/mol. The second-order valence-corrected chi connectivity index (χ2v) is 6.59. The van der Waals surface area contributed by atoms with E-state index < -0.39 is 0 Å². The normalized spacial score (nSPS) is 16.6. The Bertz CT molecular complexity index is 394. The average molecular weight is 300 g/mol. The zero-order chi connectivity index (χ0) is 12.6. The summed E-state index contributed by atoms with van der Waals surface area (Å²) in [6.45, 7) is 8.23. The third-order valence-electron chi connectivity index (χ3n) is 3.31. The van der Waals surface area contributed by atoms with Gasteiger partial charge >= 0.3 is 0 Å². The van der Waals surface area contributed by atoms with Gasteiger partial charge in [0.2, 0.25) is 0 Å². The van der Waals surface area contributed by atoms with Crippen molar-refractivity contribution in [3.05, 3.63) is 28.0 Å². The van der Waals surface area contributed by atoms with Crippen LogP contribution in [0.2, 0.25) is 0 Å². The van der Waals surface area contributed by atoms with Crippen LogP contribution < -0.4 is 4.90 Å². The number of halogens is 2. The molecule has 0 aromatic heterocycles. The SMILES string of the molecule is CC(C)(C)c1cc(F)c(N2CCCC2)c(Br)c1. The van der Waals surface area contributed by atoms with Gasteiger partial charge in [0, 0.05) is 17.6 Å². The van der Waals surface area contributed by atoms with Crippen LogP contribution in [0.1, 0.15) is 39.2 Å². The van der Waals surface area contributed by atoms with E-state index in [1.807, 2.05) is 0 Å². The van der Waals surface area contributed by atoms with Crippen LogP contribution in [0.4, 0.5) is 10.1 Å². The molecule has 0 saturated carbocycles. The lowest BCUT2D eigenvalue weighted by atomic mass is 9.87. The van der Waals surface area contributed by atoms with E-state index in [1.54, 1.807) is 6.07 Å². The Balaban J connectivity index is 2.42. The maximum Gasteiger partial charge on any atom is 0.147 e. The molecule has 1 aromatic rings. The van der Waals surface area contributed by atoms with Crippen LogP contribution in [0, 0.1) is 5.82 Å². The van der Waals surface area contributed by atoms with Gasteiger partial charge < -0.3 is 4.90 Å². The number of rotatable bonds is 1. The van der Waals surface area contributed by atoms with E-state index in [-0.39, 0.29) is 11.2 Å². The van der Waals surface area contributed by atoms with Gasteiger partial charge in [-0.3, -0.25) is 0 Å². The number of nitrogens with zero attached hydrogens (tertiary/aromatic N) is 1. The fourth-order valence-electron chi connectivity index (χ4n) is 2.24. The van der Waals surface area contributed by atoms with Crippen molar-refractivity contribution >= 4 is 21.6 Å². The summed E-state index contributed by atoms with van der Waals surface area (Å²) in [5.74, 6) is -0.105. The lowest BCUT2D eigenvalue weighted by Gasteiger charge is -2.24. The molecule has 0 bridgehead atoms. The van der Waals surface area contributed by atoms with Gasteiger partial charge in [0.15, 0.2) is 0 Å². The van der Waals surface area contributed by atoms with Crippen molar-refractivity contribution in [3.8, 4) is 0 Å². The van der Waals surface area contributed by atoms with Crippen LogP contribution in [0.5, 0.6) is 0 Å². The Morgan fingerprint density at radius 1 is 1.18 bits per heavy atom. The molecule has 17 heavy (non-hydrogen) atoms. The van der Waals surface area contributed by atoms with E-state index >= 15 is 0 Å². The second kappa shape index (κ2) is 4.60. The van der Waals surface area contributed by atoms with Crippen LogP contribution in [0.3, 0.4) is 0 Å². The van der Waals surface area contributed by atoms with Crippen molar-refractivity contribution in [3.63, 3.8) is 0 Å². The monoisotopic (exact) mass is 299 g/mol. The highest BCUT2D eigenvalue weighted by Gasteiger charge is 2.22. The maximum absolute atomic E-state index is 14.2. The van der Waals surface area contributed by atoms with Crippen molar-refractivity contribution < 1.29 is 4.39 Å². The molecule has 1 fully saturated rings. The summed E-state index contributed by atoms with van der Waals surface area (Å²) >= 11 is 3.52. The van der Waals surface area contributed by atoms with E-state index in [0.717, 1.165) is 41.7 Å². The van der Waals surface area contributed by atoms with Crippen molar-refractivity contribution in [2.75, 3.05) is 18.0 Å². The first kappa shape index (κ1) is 12.9. The smallest absolute Gasteiger partial charge is 0.147 e. The molecule has 3 heteroatoms. The molecule has 0 spiro atoms. The van der Waals surface area contributed by atoms with Gasteiger partial charge in [-0.05, 0) is 51.9 Å². The first-order chi connectivity index (χ1) is 7.89. The standard InChI is InChI=1S/C14H19BrFN/c1-14(2,3)10-8-11(15)13(12(16)9-10)17-6-4-5-7-17/h8-9H,4-7H2,1-3H3. The van der Waals surface area contributed by atoms with Gasteiger partial charge in [-0.2, -0.15) is 0 Å². The Morgan fingerprint density at radius 3 is 2.24 bits per heavy atom. The van der Waals surface area contributed by atoms with Crippen LogP contribution in [-0.4, -0.2) is 13.1 Å². The number of benzene rings is 1. The predicted octanol–water partition coefficient (Wildman–Crippen LogP) is 4.49. The van der Waals surface area contributed by atoms with E-state index in [2.05, 4.69) is 47.7 Å². The summed E-state index contributed by atoms with van der Waals surface area (Å²) in [4.78, 5) is 2.13. The number of anilines is 1. The quantitative estimate of drug-likeness (QED) is 0.739. The number of hydrogen-bond acceptors (Lipinski definition) is 1. The van der Waals surface area contributed by atoms with Gasteiger partial charge in [-0.1, -0.05) is 20.8 Å². The molecule has 2 rings (SSSR count). The van der Waals surface area contributed by atoms with Gasteiger partial charge in [-0.25, -0.2) is 4.39 Å². The third kappa shape index (κ3) is 2.65. The minimum Gasteiger partial charge on any atom is -0.368 e. The zero-order valence-corrected chi connectivity index (χ0v) is 12.3. The van der Waals surface area contributed by atoms with E-state index in [0.29, 0.717) is 0 Å². The average Bonchev–Trinajstić information content (AvgIpc) is 2.68. The summed E-state index contributed by atoms with van der Waals surface area (Å²) in [6.07, 6.45) is 2.32. The lowest BCUT2D eigenvalue weighted by molar-refractivity contribution is 0.570. The molecule has 0 radical (unpaired) electrons. The molecular formula is C14H19BrFN. The molecule has 1 aliphatic heterocycles. The van der Waals surface area contributed by atoms with E-state index in [4.69, 9.17) is 0 Å². The topological polar surface area (TPSA) is 3.24 Å². The highest BCUT2D eigenvalue weighted by atomic mass is 79.9. The second-order valence-electron chi connectivity index (χ2n) is 5.73. The molecule has 0 unspecified atom stereocenters. The van der Waals surface area contributed by atoms with Gasteiger partial charge in [0.05, 0.1) is 5.69 Å². The first-order valence-corrected chi connectivity index (χ1v) is 6.93. The summed E-state index contributed by atoms with van der Waals surface area (Å²) in [5.41, 5.74) is 1.74. The molecule has 0 N–H and O–H groups in total. The molecule has 1 nitrogen and oxygen atoms in total. The Hall–Kier alpha value is -0.570. The molecule has 94 valence electrons. The largest absolute Gasteiger partial charge is 0.368 e. The molecule has 0 atom stereocenters. The molecular weight excluding hydrogens is 281 g/mol. The molecule has 0 amide bonds. The minimum absolute atomic E-state index is 0.0209. The zero-order valence-electron chi connectivity index (χ0n) is 10.7. The van der Waals surface area contributed by atoms with Crippen LogP contribution in [-0.2, 0) is 5.41 Å². The van der Waals surface area contributed by atoms with E-state index in [9.17, 15) is 4.39 Å². The van der Waals surface area contributed by atoms with Crippen molar-refractivity contribution in [2.24, 2.45) is 0 Å². The van der Waals surface area contributed by atoms with Crippen LogP contribution >= 0.6 is 15.9 Å². The molecule has 1 saturated heterocycles. The van der Waals surface area contributed by atoms with Crippen LogP contribution in [0.25, 0.3) is 0 Å². The number of hydrogen-bond donors (Lipinski definition) is 0. The van der Waals surface area contributed by atoms with Crippen molar-refractivity contribution in [2.45, 2.75) is 39.0 Å².